The van der Waals surface area contributed by atoms with Crippen LogP contribution in [-0.4, -0.2) is 14.4 Å². The number of hydrogen-bond donors (Lipinski definition) is 0. The molecule has 19 heavy (non-hydrogen) atoms. The summed E-state index contributed by atoms with van der Waals surface area (Å²) >= 11 is 0. The summed E-state index contributed by atoms with van der Waals surface area (Å²) in [5.41, 5.74) is 2.25. The van der Waals surface area contributed by atoms with Crippen molar-refractivity contribution in [3.8, 4) is 0 Å². The van der Waals surface area contributed by atoms with Crippen LogP contribution in [-0.2, 0) is 0 Å². The lowest BCUT2D eigenvalue weighted by Gasteiger charge is -2.43. The molecule has 0 nitrogen and oxygen atoms in total. The maximum Gasteiger partial charge on any atom is 0.107 e. The zero-order valence-corrected chi connectivity index (χ0v) is 16.5. The molecule has 0 aromatic carbocycles. The number of hydrogen-bond acceptors (Lipinski definition) is 1. The summed E-state index contributed by atoms with van der Waals surface area (Å²) in [4.78, 5) is 0. The average Bonchev–Trinajstić information content (AvgIpc) is 2.40. The summed E-state index contributed by atoms with van der Waals surface area (Å²) in [6, 6.07) is 0. The van der Waals surface area contributed by atoms with Gasteiger partial charge in [0.25, 0.3) is 0 Å². The Hall–Kier alpha value is 0.784. The molecule has 0 bridgehead atoms. The quantitative estimate of drug-likeness (QED) is 0.514. The molecule has 0 heterocycles. The lowest BCUT2D eigenvalue weighted by molar-refractivity contribution is 0.495. The molecule has 0 atom stereocenters. The molecule has 0 aromatic heterocycles. The van der Waals surface area contributed by atoms with Crippen LogP contribution in [0.15, 0.2) is 0 Å². The first-order valence-corrected chi connectivity index (χ1v) is 17.0. The minimum atomic E-state index is -1.04. The van der Waals surface area contributed by atoms with Crippen LogP contribution >= 0.6 is 10.7 Å². The van der Waals surface area contributed by atoms with E-state index in [0.29, 0.717) is 0 Å². The predicted octanol–water partition coefficient (Wildman–Crippen LogP) is 6.80. The first-order chi connectivity index (χ1) is 8.92. The van der Waals surface area contributed by atoms with Crippen LogP contribution in [0.3, 0.4) is 0 Å². The third kappa shape index (κ3) is 4.37. The molecule has 2 fully saturated rings. The van der Waals surface area contributed by atoms with Crippen molar-refractivity contribution in [2.45, 2.75) is 101 Å². The standard InChI is InChI=1S/C16H34SSi2/c1-18(2,15-11-7-5-8-12-15)17-19(3,4)16-13-9-6-10-14-16/h15-16H,5-14H2,1-4H3. The fourth-order valence-electron chi connectivity index (χ4n) is 4.44. The molecular weight excluding hydrogens is 280 g/mol. The van der Waals surface area contributed by atoms with Crippen LogP contribution in [0, 0.1) is 0 Å². The Morgan fingerprint density at radius 3 is 1.21 bits per heavy atom. The molecule has 0 N–H and O–H groups in total. The second kappa shape index (κ2) is 6.70. The summed E-state index contributed by atoms with van der Waals surface area (Å²) in [5, 5.41) is 0. The zero-order chi connectivity index (χ0) is 13.9. The van der Waals surface area contributed by atoms with Crippen molar-refractivity contribution in [2.75, 3.05) is 0 Å². The van der Waals surface area contributed by atoms with Crippen molar-refractivity contribution in [3.05, 3.63) is 0 Å². The second-order valence-corrected chi connectivity index (χ2v) is 25.0. The molecule has 2 aliphatic carbocycles. The molecule has 0 saturated heterocycles. The smallest absolute Gasteiger partial charge is 0.107 e. The van der Waals surface area contributed by atoms with E-state index < -0.39 is 14.4 Å². The van der Waals surface area contributed by atoms with Gasteiger partial charge in [0.05, 0.1) is 0 Å². The van der Waals surface area contributed by atoms with E-state index in [2.05, 4.69) is 36.8 Å². The van der Waals surface area contributed by atoms with E-state index in [9.17, 15) is 0 Å². The Bertz CT molecular complexity index is 248. The normalized spacial score (nSPS) is 24.6. The van der Waals surface area contributed by atoms with E-state index >= 15 is 0 Å². The van der Waals surface area contributed by atoms with Crippen LogP contribution in [0.25, 0.3) is 0 Å². The van der Waals surface area contributed by atoms with Crippen molar-refractivity contribution in [2.24, 2.45) is 0 Å². The molecule has 112 valence electrons. The Balaban J connectivity index is 1.96. The molecule has 2 saturated carbocycles. The third-order valence-electron chi connectivity index (χ3n) is 5.70. The highest BCUT2D eigenvalue weighted by atomic mass is 32.5. The number of rotatable bonds is 4. The summed E-state index contributed by atoms with van der Waals surface area (Å²) in [6.07, 6.45) is 15.3. The van der Waals surface area contributed by atoms with Gasteiger partial charge in [0, 0.05) is 0 Å². The summed E-state index contributed by atoms with van der Waals surface area (Å²) in [6.45, 7) is 10.8. The molecule has 0 spiro atoms. The van der Waals surface area contributed by atoms with E-state index in [-0.39, 0.29) is 0 Å². The summed E-state index contributed by atoms with van der Waals surface area (Å²) in [5.74, 6) is 0. The lowest BCUT2D eigenvalue weighted by atomic mass is 10.0. The van der Waals surface area contributed by atoms with Crippen LogP contribution in [0.5, 0.6) is 0 Å². The molecule has 0 aromatic rings. The zero-order valence-electron chi connectivity index (χ0n) is 13.6. The van der Waals surface area contributed by atoms with Gasteiger partial charge in [-0.25, -0.2) is 10.7 Å². The summed E-state index contributed by atoms with van der Waals surface area (Å²) < 4.78 is 0. The van der Waals surface area contributed by atoms with E-state index in [1.807, 2.05) is 0 Å². The monoisotopic (exact) mass is 314 g/mol. The van der Waals surface area contributed by atoms with Gasteiger partial charge in [0.1, 0.15) is 14.4 Å². The van der Waals surface area contributed by atoms with Crippen LogP contribution in [0.1, 0.15) is 64.2 Å². The van der Waals surface area contributed by atoms with Gasteiger partial charge >= 0.3 is 0 Å². The minimum absolute atomic E-state index is 1.04. The maximum absolute atomic E-state index is 2.70. The first-order valence-electron chi connectivity index (χ1n) is 8.62. The fourth-order valence-corrected chi connectivity index (χ4v) is 31.4. The Labute approximate surface area is 126 Å². The van der Waals surface area contributed by atoms with Crippen molar-refractivity contribution in [1.29, 1.82) is 0 Å². The maximum atomic E-state index is 2.70. The van der Waals surface area contributed by atoms with Crippen LogP contribution in [0.2, 0.25) is 37.3 Å². The average molecular weight is 315 g/mol. The van der Waals surface area contributed by atoms with Gasteiger partial charge in [-0.05, 0) is 11.1 Å². The fraction of sp³-hybridized carbons (Fsp3) is 1.00. The van der Waals surface area contributed by atoms with Crippen LogP contribution < -0.4 is 0 Å². The van der Waals surface area contributed by atoms with Crippen molar-refractivity contribution < 1.29 is 0 Å². The molecule has 2 aliphatic rings. The van der Waals surface area contributed by atoms with Crippen molar-refractivity contribution in [3.63, 3.8) is 0 Å². The van der Waals surface area contributed by atoms with E-state index in [0.717, 1.165) is 11.1 Å². The first kappa shape index (κ1) is 16.2. The van der Waals surface area contributed by atoms with Gasteiger partial charge in [0.2, 0.25) is 0 Å². The largest absolute Gasteiger partial charge is 0.205 e. The highest BCUT2D eigenvalue weighted by molar-refractivity contribution is 8.50. The minimum Gasteiger partial charge on any atom is -0.205 e. The van der Waals surface area contributed by atoms with Gasteiger partial charge in [-0.1, -0.05) is 90.4 Å². The van der Waals surface area contributed by atoms with E-state index in [4.69, 9.17) is 0 Å². The van der Waals surface area contributed by atoms with Gasteiger partial charge in [-0.15, -0.1) is 0 Å². The Kier molecular flexibility index (Phi) is 5.70. The molecule has 0 amide bonds. The Morgan fingerprint density at radius 1 is 0.579 bits per heavy atom. The molecule has 0 unspecified atom stereocenters. The van der Waals surface area contributed by atoms with E-state index in [1.54, 1.807) is 25.7 Å². The molecule has 3 heteroatoms. The highest BCUT2D eigenvalue weighted by Gasteiger charge is 2.42. The highest BCUT2D eigenvalue weighted by Crippen LogP contribution is 2.51. The van der Waals surface area contributed by atoms with E-state index in [1.165, 1.54) is 38.5 Å². The Morgan fingerprint density at radius 2 is 0.895 bits per heavy atom. The van der Waals surface area contributed by atoms with Crippen molar-refractivity contribution >= 4 is 25.1 Å². The second-order valence-electron chi connectivity index (χ2n) is 7.98. The van der Waals surface area contributed by atoms with Gasteiger partial charge in [-0.3, -0.25) is 0 Å². The van der Waals surface area contributed by atoms with Crippen molar-refractivity contribution in [1.82, 2.24) is 0 Å². The third-order valence-corrected chi connectivity index (χ3v) is 26.5. The van der Waals surface area contributed by atoms with Crippen LogP contribution in [0.4, 0.5) is 0 Å². The molecular formula is C16H34SSi2. The molecule has 0 radical (unpaired) electrons. The summed E-state index contributed by atoms with van der Waals surface area (Å²) in [7, 11) is 0.508. The lowest BCUT2D eigenvalue weighted by Crippen LogP contribution is -2.41. The van der Waals surface area contributed by atoms with Gasteiger partial charge in [-0.2, -0.15) is 0 Å². The van der Waals surface area contributed by atoms with Gasteiger partial charge in [0.15, 0.2) is 0 Å². The topological polar surface area (TPSA) is 0 Å². The molecule has 2 rings (SSSR count). The SMILES string of the molecule is C[Si](C)(S[Si](C)(C)C1CCCCC1)C1CCCCC1. The van der Waals surface area contributed by atoms with Gasteiger partial charge < -0.3 is 0 Å². The molecule has 0 aliphatic heterocycles. The predicted molar refractivity (Wildman–Crippen MR) is 96.2 cm³/mol.